The molecule has 0 unspecified atom stereocenters. The molecule has 0 rings (SSSR count). The summed E-state index contributed by atoms with van der Waals surface area (Å²) < 4.78 is 46.2. The lowest BCUT2D eigenvalue weighted by Crippen LogP contribution is -2.03. The highest BCUT2D eigenvalue weighted by atomic mass is 32.2. The molecule has 15 heavy (non-hydrogen) atoms. The molecular weight excluding hydrogens is 243 g/mol. The first-order valence-corrected chi connectivity index (χ1v) is 7.52. The Morgan fingerprint density at radius 2 is 1.67 bits per heavy atom. The van der Waals surface area contributed by atoms with Crippen LogP contribution in [0.25, 0.3) is 0 Å². The zero-order chi connectivity index (χ0) is 11.7. The van der Waals surface area contributed by atoms with Crippen molar-refractivity contribution in [1.82, 2.24) is 0 Å². The fourth-order valence-corrected chi connectivity index (χ4v) is 2.87. The summed E-state index contributed by atoms with van der Waals surface area (Å²) >= 11 is 0. The van der Waals surface area contributed by atoms with Crippen LogP contribution in [0.2, 0.25) is 0 Å². The molecule has 0 fully saturated rings. The van der Waals surface area contributed by atoms with Gasteiger partial charge < -0.3 is 9.05 Å². The molecule has 0 spiro atoms. The van der Waals surface area contributed by atoms with Gasteiger partial charge in [-0.15, -0.1) is 0 Å². The molecule has 0 aromatic rings. The molecule has 0 saturated carbocycles. The summed E-state index contributed by atoms with van der Waals surface area (Å²) in [7, 11) is -5.89. The van der Waals surface area contributed by atoms with Gasteiger partial charge in [0.05, 0.1) is 26.0 Å². The van der Waals surface area contributed by atoms with Crippen molar-refractivity contribution in [2.75, 3.05) is 26.0 Å². The van der Waals surface area contributed by atoms with Gasteiger partial charge in [-0.2, -0.15) is 0 Å². The summed E-state index contributed by atoms with van der Waals surface area (Å²) in [5, 5.41) is 0. The molecule has 0 bridgehead atoms. The van der Waals surface area contributed by atoms with E-state index in [1.165, 1.54) is 0 Å². The van der Waals surface area contributed by atoms with E-state index in [4.69, 9.17) is 9.05 Å². The van der Waals surface area contributed by atoms with E-state index >= 15 is 0 Å². The van der Waals surface area contributed by atoms with Crippen LogP contribution in [-0.4, -0.2) is 34.4 Å². The Morgan fingerprint density at radius 1 is 1.13 bits per heavy atom. The van der Waals surface area contributed by atoms with E-state index in [-0.39, 0.29) is 12.8 Å². The van der Waals surface area contributed by atoms with E-state index in [0.29, 0.717) is 19.6 Å². The molecule has 0 aliphatic carbocycles. The third-order valence-electron chi connectivity index (χ3n) is 1.42. The molecule has 0 N–H and O–H groups in total. The van der Waals surface area contributed by atoms with Crippen LogP contribution >= 0.6 is 7.60 Å². The molecule has 0 heterocycles. The number of hydrogen-bond donors (Lipinski definition) is 1. The van der Waals surface area contributed by atoms with Crippen molar-refractivity contribution < 1.29 is 26.2 Å². The number of rotatable bonds is 9. The Kier molecular flexibility index (Phi) is 8.27. The first-order valence-electron chi connectivity index (χ1n) is 4.69. The molecule has 0 aromatic heterocycles. The van der Waals surface area contributed by atoms with Crippen molar-refractivity contribution in [3.05, 3.63) is 0 Å². The van der Waals surface area contributed by atoms with Crippen molar-refractivity contribution in [3.8, 4) is 0 Å². The van der Waals surface area contributed by atoms with Crippen LogP contribution in [0.3, 0.4) is 0 Å². The van der Waals surface area contributed by atoms with Crippen molar-refractivity contribution in [2.45, 2.75) is 20.3 Å². The van der Waals surface area contributed by atoms with Crippen LogP contribution in [-0.2, 0) is 28.8 Å². The molecular formula is C7H17O6PS. The predicted molar refractivity (Wildman–Crippen MR) is 56.6 cm³/mol. The minimum absolute atomic E-state index is 0.00282. The van der Waals surface area contributed by atoms with Gasteiger partial charge in [-0.3, -0.25) is 8.75 Å². The van der Waals surface area contributed by atoms with Crippen LogP contribution in [0.1, 0.15) is 20.3 Å². The molecule has 0 saturated heterocycles. The molecule has 0 radical (unpaired) electrons. The van der Waals surface area contributed by atoms with Crippen LogP contribution in [0.15, 0.2) is 0 Å². The Balaban J connectivity index is 3.90. The Morgan fingerprint density at radius 3 is 2.07 bits per heavy atom. The Bertz CT molecular complexity index is 259. The molecule has 0 aliphatic heterocycles. The highest BCUT2D eigenvalue weighted by molar-refractivity contribution is 7.67. The molecule has 0 aliphatic rings. The Labute approximate surface area is 91.6 Å². The summed E-state index contributed by atoms with van der Waals surface area (Å²) in [6.07, 6.45) is 0.485. The quantitative estimate of drug-likeness (QED) is 0.381. The normalized spacial score (nSPS) is 12.2. The molecule has 6 nitrogen and oxygen atoms in total. The number of thiol groups is 1. The molecule has 92 valence electrons. The average Bonchev–Trinajstić information content (AvgIpc) is 2.13. The first kappa shape index (κ1) is 15.1. The molecule has 0 atom stereocenters. The molecule has 8 heteroatoms. The topological polar surface area (TPSA) is 78.9 Å². The van der Waals surface area contributed by atoms with E-state index in [2.05, 4.69) is 4.18 Å². The lowest BCUT2D eigenvalue weighted by Gasteiger charge is -2.16. The second-order valence-electron chi connectivity index (χ2n) is 2.58. The lowest BCUT2D eigenvalue weighted by molar-refractivity contribution is 0.217. The summed E-state index contributed by atoms with van der Waals surface area (Å²) in [6, 6.07) is 0. The van der Waals surface area contributed by atoms with Crippen LogP contribution in [0, 0.1) is 0 Å². The molecule has 0 amide bonds. The maximum absolute atomic E-state index is 11.8. The highest BCUT2D eigenvalue weighted by Gasteiger charge is 2.22. The lowest BCUT2D eigenvalue weighted by atomic mass is 10.5. The monoisotopic (exact) mass is 260 g/mol. The smallest absolute Gasteiger partial charge is 0.309 e. The molecule has 0 aromatic carbocycles. The fourth-order valence-electron chi connectivity index (χ4n) is 0.957. The second kappa shape index (κ2) is 8.24. The van der Waals surface area contributed by atoms with E-state index in [1.54, 1.807) is 13.8 Å². The van der Waals surface area contributed by atoms with Crippen LogP contribution < -0.4 is 0 Å². The average molecular weight is 260 g/mol. The van der Waals surface area contributed by atoms with E-state index in [9.17, 15) is 13.0 Å². The largest absolute Gasteiger partial charge is 0.330 e. The van der Waals surface area contributed by atoms with Gasteiger partial charge in [0.2, 0.25) is 0 Å². The van der Waals surface area contributed by atoms with Gasteiger partial charge >= 0.3 is 7.60 Å². The van der Waals surface area contributed by atoms with Crippen molar-refractivity contribution in [2.24, 2.45) is 0 Å². The summed E-state index contributed by atoms with van der Waals surface area (Å²) in [4.78, 5) is 0. The first-order chi connectivity index (χ1) is 7.04. The van der Waals surface area contributed by atoms with Crippen molar-refractivity contribution in [3.63, 3.8) is 0 Å². The van der Waals surface area contributed by atoms with Crippen molar-refractivity contribution >= 4 is 18.6 Å². The zero-order valence-corrected chi connectivity index (χ0v) is 10.7. The minimum atomic E-state index is -3.06. The second-order valence-corrected chi connectivity index (χ2v) is 5.47. The van der Waals surface area contributed by atoms with Gasteiger partial charge in [-0.25, -0.2) is 8.42 Å². The van der Waals surface area contributed by atoms with Crippen LogP contribution in [0.4, 0.5) is 0 Å². The van der Waals surface area contributed by atoms with Gasteiger partial charge in [0.25, 0.3) is 11.0 Å². The maximum atomic E-state index is 11.8. The summed E-state index contributed by atoms with van der Waals surface area (Å²) in [5.41, 5.74) is 0. The highest BCUT2D eigenvalue weighted by Crippen LogP contribution is 2.48. The standard InChI is InChI=1S/C7H17O6PS/c1-3-11-14(8,12-4-2)7-5-6-13-15(9)10/h15H,3-7H2,1-2H3. The predicted octanol–water partition coefficient (Wildman–Crippen LogP) is 1.19. The Hall–Kier alpha value is 0.0600. The SMILES string of the molecule is CCOP(=O)(CCCO[SH](=O)=O)OCC. The van der Waals surface area contributed by atoms with Gasteiger partial charge in [-0.1, -0.05) is 0 Å². The third kappa shape index (κ3) is 7.93. The van der Waals surface area contributed by atoms with E-state index in [0.717, 1.165) is 0 Å². The van der Waals surface area contributed by atoms with Gasteiger partial charge in [0, 0.05) is 0 Å². The minimum Gasteiger partial charge on any atom is -0.309 e. The van der Waals surface area contributed by atoms with E-state index in [1.807, 2.05) is 0 Å². The summed E-state index contributed by atoms with van der Waals surface area (Å²) in [6.45, 7) is 4.04. The van der Waals surface area contributed by atoms with Crippen molar-refractivity contribution in [1.29, 1.82) is 0 Å². The van der Waals surface area contributed by atoms with Gasteiger partial charge in [0.1, 0.15) is 0 Å². The summed E-state index contributed by atoms with van der Waals surface area (Å²) in [5.74, 6) is 0. The maximum Gasteiger partial charge on any atom is 0.330 e. The number of hydrogen-bond acceptors (Lipinski definition) is 6. The fraction of sp³-hybridized carbons (Fsp3) is 1.00. The van der Waals surface area contributed by atoms with E-state index < -0.39 is 18.6 Å². The third-order valence-corrected chi connectivity index (χ3v) is 3.99. The van der Waals surface area contributed by atoms with Gasteiger partial charge in [0.15, 0.2) is 0 Å². The van der Waals surface area contributed by atoms with Crippen LogP contribution in [0.5, 0.6) is 0 Å². The zero-order valence-electron chi connectivity index (χ0n) is 8.88. The van der Waals surface area contributed by atoms with Gasteiger partial charge in [-0.05, 0) is 20.3 Å².